The molecule has 6 heteroatoms. The van der Waals surface area contributed by atoms with Gasteiger partial charge in [-0.1, -0.05) is 50.2 Å². The molecule has 0 unspecified atom stereocenters. The summed E-state index contributed by atoms with van der Waals surface area (Å²) in [5.74, 6) is 0. The number of para-hydroxylation sites is 2. The van der Waals surface area contributed by atoms with Crippen LogP contribution >= 0.6 is 22.7 Å². The highest BCUT2D eigenvalue weighted by Gasteiger charge is 2.20. The first-order chi connectivity index (χ1) is 20.7. The fourth-order valence-electron chi connectivity index (χ4n) is 6.47. The summed E-state index contributed by atoms with van der Waals surface area (Å²) >= 11 is 3.65. The van der Waals surface area contributed by atoms with Crippen molar-refractivity contribution in [3.8, 4) is 22.5 Å². The van der Waals surface area contributed by atoms with Crippen LogP contribution in [0, 0.1) is 0 Å². The molecule has 0 atom stereocenters. The van der Waals surface area contributed by atoms with Crippen LogP contribution in [0.15, 0.2) is 96.0 Å². The van der Waals surface area contributed by atoms with E-state index < -0.39 is 0 Å². The normalized spacial score (nSPS) is 12.0. The molecular formula is C36H30N4S2. The van der Waals surface area contributed by atoms with Crippen LogP contribution in [0.5, 0.6) is 0 Å². The van der Waals surface area contributed by atoms with Crippen molar-refractivity contribution in [1.29, 1.82) is 0 Å². The maximum atomic E-state index is 4.96. The van der Waals surface area contributed by atoms with Gasteiger partial charge in [-0.2, -0.15) is 0 Å². The molecule has 0 bridgehead atoms. The van der Waals surface area contributed by atoms with E-state index in [-0.39, 0.29) is 0 Å². The van der Waals surface area contributed by atoms with Crippen molar-refractivity contribution in [1.82, 2.24) is 19.1 Å². The Labute approximate surface area is 252 Å². The molecule has 4 nitrogen and oxygen atoms in total. The van der Waals surface area contributed by atoms with Gasteiger partial charge in [0.1, 0.15) is 0 Å². The lowest BCUT2D eigenvalue weighted by Gasteiger charge is -2.14. The van der Waals surface area contributed by atoms with Crippen LogP contribution in [0.25, 0.3) is 66.1 Å². The van der Waals surface area contributed by atoms with Crippen molar-refractivity contribution in [3.05, 3.63) is 106 Å². The maximum Gasteiger partial charge on any atom is 0.0953 e. The third kappa shape index (κ3) is 3.93. The number of rotatable bonds is 7. The van der Waals surface area contributed by atoms with Crippen LogP contribution < -0.4 is 0 Å². The van der Waals surface area contributed by atoms with Crippen LogP contribution in [0.3, 0.4) is 0 Å². The summed E-state index contributed by atoms with van der Waals surface area (Å²) in [4.78, 5) is 12.7. The Hall–Kier alpha value is -4.26. The number of hydrogen-bond donors (Lipinski definition) is 0. The summed E-state index contributed by atoms with van der Waals surface area (Å²) in [5, 5.41) is 9.59. The van der Waals surface area contributed by atoms with E-state index in [9.17, 15) is 0 Å². The SMILES string of the molecule is CCc1cc(-c2nccc3c4ccccc4n(CCn4c5ccccc5c5ccnc(-c6csc(CC)c6)c54)c23)cs1. The zero-order valence-corrected chi connectivity index (χ0v) is 25.3. The first kappa shape index (κ1) is 25.5. The van der Waals surface area contributed by atoms with Gasteiger partial charge in [-0.15, -0.1) is 22.7 Å². The van der Waals surface area contributed by atoms with Gasteiger partial charge in [-0.05, 0) is 49.2 Å². The highest BCUT2D eigenvalue weighted by molar-refractivity contribution is 7.10. The van der Waals surface area contributed by atoms with Crippen molar-refractivity contribution in [3.63, 3.8) is 0 Å². The third-order valence-corrected chi connectivity index (χ3v) is 10.6. The lowest BCUT2D eigenvalue weighted by Crippen LogP contribution is -2.08. The fourth-order valence-corrected chi connectivity index (χ4v) is 8.11. The molecule has 2 aromatic carbocycles. The predicted molar refractivity (Wildman–Crippen MR) is 180 cm³/mol. The molecule has 0 spiro atoms. The standard InChI is InChI=1S/C36H30N4S2/c1-3-25-19-23(21-41-25)33-35-29(13-15-37-33)27-9-5-7-11-31(27)39(35)17-18-40-32-12-8-6-10-28(32)30-14-16-38-34(36(30)40)24-20-26(4-2)42-22-24/h5-16,19-22H,3-4,17-18H2,1-2H3. The second kappa shape index (κ2) is 10.2. The molecule has 206 valence electrons. The molecule has 0 saturated carbocycles. The second-order valence-electron chi connectivity index (χ2n) is 10.8. The van der Waals surface area contributed by atoms with Crippen molar-refractivity contribution in [2.45, 2.75) is 39.8 Å². The monoisotopic (exact) mass is 582 g/mol. The highest BCUT2D eigenvalue weighted by atomic mass is 32.1. The molecule has 0 saturated heterocycles. The molecule has 6 heterocycles. The largest absolute Gasteiger partial charge is 0.337 e. The van der Waals surface area contributed by atoms with E-state index in [2.05, 4.69) is 107 Å². The minimum atomic E-state index is 0.819. The molecule has 6 aromatic heterocycles. The number of pyridine rings is 2. The van der Waals surface area contributed by atoms with E-state index in [1.165, 1.54) is 64.5 Å². The molecule has 0 aliphatic heterocycles. The summed E-state index contributed by atoms with van der Waals surface area (Å²) < 4.78 is 4.99. The number of aryl methyl sites for hydroxylation is 4. The Bertz CT molecular complexity index is 2080. The molecule has 42 heavy (non-hydrogen) atoms. The van der Waals surface area contributed by atoms with Crippen LogP contribution in [0.4, 0.5) is 0 Å². The van der Waals surface area contributed by atoms with Crippen LogP contribution in [-0.2, 0) is 25.9 Å². The summed E-state index contributed by atoms with van der Waals surface area (Å²) in [6.45, 7) is 6.07. The zero-order chi connectivity index (χ0) is 28.2. The van der Waals surface area contributed by atoms with Crippen LogP contribution in [0.1, 0.15) is 23.6 Å². The van der Waals surface area contributed by atoms with Crippen molar-refractivity contribution in [2.24, 2.45) is 0 Å². The van der Waals surface area contributed by atoms with Gasteiger partial charge in [0.15, 0.2) is 0 Å². The van der Waals surface area contributed by atoms with Gasteiger partial charge in [0, 0.05) is 89.7 Å². The summed E-state index contributed by atoms with van der Waals surface area (Å²) in [5.41, 5.74) is 9.46. The molecule has 0 amide bonds. The number of hydrogen-bond acceptors (Lipinski definition) is 4. The lowest BCUT2D eigenvalue weighted by atomic mass is 10.1. The number of aromatic nitrogens is 4. The topological polar surface area (TPSA) is 35.6 Å². The number of fused-ring (bicyclic) bond motifs is 6. The van der Waals surface area contributed by atoms with E-state index >= 15 is 0 Å². The van der Waals surface area contributed by atoms with Gasteiger partial charge in [-0.25, -0.2) is 0 Å². The average molecular weight is 583 g/mol. The van der Waals surface area contributed by atoms with Crippen LogP contribution in [-0.4, -0.2) is 19.1 Å². The number of nitrogens with zero attached hydrogens (tertiary/aromatic N) is 4. The van der Waals surface area contributed by atoms with Gasteiger partial charge in [0.25, 0.3) is 0 Å². The van der Waals surface area contributed by atoms with E-state index in [0.717, 1.165) is 37.3 Å². The van der Waals surface area contributed by atoms with Gasteiger partial charge >= 0.3 is 0 Å². The molecule has 0 N–H and O–H groups in total. The first-order valence-electron chi connectivity index (χ1n) is 14.6. The summed E-state index contributed by atoms with van der Waals surface area (Å²) in [7, 11) is 0. The highest BCUT2D eigenvalue weighted by Crippen LogP contribution is 2.38. The van der Waals surface area contributed by atoms with Gasteiger partial charge in [0.05, 0.1) is 22.4 Å². The fraction of sp³-hybridized carbons (Fsp3) is 0.167. The van der Waals surface area contributed by atoms with Crippen molar-refractivity contribution in [2.75, 3.05) is 0 Å². The van der Waals surface area contributed by atoms with Gasteiger partial charge in [0.2, 0.25) is 0 Å². The number of benzene rings is 2. The van der Waals surface area contributed by atoms with Crippen molar-refractivity contribution < 1.29 is 0 Å². The quantitative estimate of drug-likeness (QED) is 0.187. The molecule has 0 fully saturated rings. The summed E-state index contributed by atoms with van der Waals surface area (Å²) in [6.07, 6.45) is 6.01. The number of thiophene rings is 2. The molecule has 8 aromatic rings. The second-order valence-corrected chi connectivity index (χ2v) is 12.8. The minimum Gasteiger partial charge on any atom is -0.337 e. The Morgan fingerprint density at radius 3 is 1.45 bits per heavy atom. The Morgan fingerprint density at radius 1 is 0.571 bits per heavy atom. The van der Waals surface area contributed by atoms with E-state index in [0.29, 0.717) is 0 Å². The maximum absolute atomic E-state index is 4.96. The molecule has 0 radical (unpaired) electrons. The van der Waals surface area contributed by atoms with E-state index in [1.54, 1.807) is 0 Å². The van der Waals surface area contributed by atoms with Crippen LogP contribution in [0.2, 0.25) is 0 Å². The third-order valence-electron chi connectivity index (χ3n) is 8.46. The summed E-state index contributed by atoms with van der Waals surface area (Å²) in [6, 6.07) is 26.5. The van der Waals surface area contributed by atoms with Gasteiger partial charge in [-0.3, -0.25) is 9.97 Å². The predicted octanol–water partition coefficient (Wildman–Crippen LogP) is 9.97. The van der Waals surface area contributed by atoms with E-state index in [4.69, 9.17) is 9.97 Å². The Kier molecular flexibility index (Phi) is 6.20. The Morgan fingerprint density at radius 2 is 1.02 bits per heavy atom. The van der Waals surface area contributed by atoms with Crippen molar-refractivity contribution >= 4 is 66.3 Å². The van der Waals surface area contributed by atoms with Gasteiger partial charge < -0.3 is 9.13 Å². The first-order valence-corrected chi connectivity index (χ1v) is 16.4. The zero-order valence-electron chi connectivity index (χ0n) is 23.7. The molecule has 8 rings (SSSR count). The molecule has 0 aliphatic carbocycles. The molecule has 0 aliphatic rings. The lowest BCUT2D eigenvalue weighted by molar-refractivity contribution is 0.631. The average Bonchev–Trinajstić information content (AvgIpc) is 3.84. The smallest absolute Gasteiger partial charge is 0.0953 e. The molecular weight excluding hydrogens is 553 g/mol. The Balaban J connectivity index is 1.33. The minimum absolute atomic E-state index is 0.819. The van der Waals surface area contributed by atoms with E-state index in [1.807, 2.05) is 35.1 Å².